The van der Waals surface area contributed by atoms with Crippen molar-refractivity contribution in [3.8, 4) is 5.75 Å². The summed E-state index contributed by atoms with van der Waals surface area (Å²) in [5, 5.41) is 9.07. The number of fused-ring (bicyclic) bond motifs is 1. The lowest BCUT2D eigenvalue weighted by Crippen LogP contribution is -2.52. The molecule has 33 heavy (non-hydrogen) atoms. The maximum atomic E-state index is 13.0. The van der Waals surface area contributed by atoms with E-state index in [0.29, 0.717) is 25.1 Å². The van der Waals surface area contributed by atoms with Crippen LogP contribution in [-0.2, 0) is 22.7 Å². The number of imide groups is 1. The third kappa shape index (κ3) is 4.71. The number of anilines is 1. The molecule has 8 nitrogen and oxygen atoms in total. The van der Waals surface area contributed by atoms with Crippen LogP contribution in [0.1, 0.15) is 47.2 Å². The summed E-state index contributed by atoms with van der Waals surface area (Å²) in [6.07, 6.45) is 2.95. The topological polar surface area (TPSA) is 99.8 Å². The van der Waals surface area contributed by atoms with Crippen LogP contribution in [0, 0.1) is 0 Å². The van der Waals surface area contributed by atoms with Gasteiger partial charge in [0.25, 0.3) is 5.91 Å². The zero-order valence-electron chi connectivity index (χ0n) is 18.4. The molecular formula is C25H28N4O4. The molecule has 5 rings (SSSR count). The second-order valence-corrected chi connectivity index (χ2v) is 8.84. The molecule has 0 spiro atoms. The van der Waals surface area contributed by atoms with Crippen molar-refractivity contribution in [3.63, 3.8) is 0 Å². The fraction of sp³-hybridized carbons (Fsp3) is 0.400. The highest BCUT2D eigenvalue weighted by molar-refractivity contribution is 6.05. The average Bonchev–Trinajstić information content (AvgIpc) is 3.15. The molecule has 0 saturated carbocycles. The molecule has 2 fully saturated rings. The fourth-order valence-electron chi connectivity index (χ4n) is 4.67. The number of piperidine rings is 2. The number of hydrogen-bond acceptors (Lipinski definition) is 6. The summed E-state index contributed by atoms with van der Waals surface area (Å²) < 4.78 is 6.05. The van der Waals surface area contributed by atoms with E-state index in [1.165, 1.54) is 0 Å². The average molecular weight is 449 g/mol. The Bertz CT molecular complexity index is 1060. The van der Waals surface area contributed by atoms with E-state index in [4.69, 9.17) is 4.74 Å². The minimum Gasteiger partial charge on any atom is -0.490 e. The molecule has 3 aliphatic heterocycles. The maximum absolute atomic E-state index is 13.0. The normalized spacial score (nSPS) is 21.0. The number of amides is 3. The summed E-state index contributed by atoms with van der Waals surface area (Å²) >= 11 is 0. The monoisotopic (exact) mass is 448 g/mol. The number of carbonyl (C=O) groups is 3. The molecule has 3 N–H and O–H groups in total. The molecule has 2 aromatic carbocycles. The van der Waals surface area contributed by atoms with Crippen LogP contribution < -0.4 is 20.7 Å². The zero-order valence-corrected chi connectivity index (χ0v) is 18.4. The van der Waals surface area contributed by atoms with Crippen molar-refractivity contribution >= 4 is 23.4 Å². The van der Waals surface area contributed by atoms with Crippen LogP contribution in [0.4, 0.5) is 5.69 Å². The van der Waals surface area contributed by atoms with Crippen LogP contribution in [0.2, 0.25) is 0 Å². The van der Waals surface area contributed by atoms with E-state index in [-0.39, 0.29) is 30.2 Å². The van der Waals surface area contributed by atoms with E-state index >= 15 is 0 Å². The predicted octanol–water partition coefficient (Wildman–Crippen LogP) is 2.19. The van der Waals surface area contributed by atoms with Crippen LogP contribution in [0.15, 0.2) is 42.5 Å². The number of nitrogens with zero attached hydrogens (tertiary/aromatic N) is 1. The lowest BCUT2D eigenvalue weighted by molar-refractivity contribution is -0.136. The molecule has 172 valence electrons. The van der Waals surface area contributed by atoms with Crippen molar-refractivity contribution in [2.75, 3.05) is 18.4 Å². The molecule has 0 aliphatic carbocycles. The fourth-order valence-corrected chi connectivity index (χ4v) is 4.67. The molecule has 8 heteroatoms. The standard InChI is InChI=1S/C25H28N4O4/c30-23-8-7-22(24(31)28-23)29-15-17-2-1-16(13-21(17)25(29)32)14-27-18-3-5-19(6-4-18)33-20-9-11-26-12-10-20/h1-6,13,20,22,26-27H,7-12,14-15H2,(H,28,30,31). The Labute approximate surface area is 192 Å². The minimum absolute atomic E-state index is 0.152. The van der Waals surface area contributed by atoms with Crippen molar-refractivity contribution in [2.45, 2.75) is 50.9 Å². The smallest absolute Gasteiger partial charge is 0.255 e. The van der Waals surface area contributed by atoms with Gasteiger partial charge >= 0.3 is 0 Å². The van der Waals surface area contributed by atoms with Gasteiger partial charge in [-0.05, 0) is 73.8 Å². The molecule has 3 amide bonds. The Hall–Kier alpha value is -3.39. The van der Waals surface area contributed by atoms with Gasteiger partial charge in [-0.15, -0.1) is 0 Å². The minimum atomic E-state index is -0.588. The summed E-state index contributed by atoms with van der Waals surface area (Å²) in [7, 11) is 0. The molecule has 0 aromatic heterocycles. The Morgan fingerprint density at radius 2 is 1.79 bits per heavy atom. The van der Waals surface area contributed by atoms with Gasteiger partial charge in [0.15, 0.2) is 0 Å². The van der Waals surface area contributed by atoms with Crippen molar-refractivity contribution in [1.29, 1.82) is 0 Å². The Morgan fingerprint density at radius 3 is 2.55 bits per heavy atom. The van der Waals surface area contributed by atoms with Gasteiger partial charge in [-0.2, -0.15) is 0 Å². The Kier molecular flexibility index (Phi) is 6.00. The van der Waals surface area contributed by atoms with E-state index in [2.05, 4.69) is 16.0 Å². The first-order valence-electron chi connectivity index (χ1n) is 11.5. The lowest BCUT2D eigenvalue weighted by Gasteiger charge is -2.29. The highest BCUT2D eigenvalue weighted by atomic mass is 16.5. The van der Waals surface area contributed by atoms with Crippen molar-refractivity contribution < 1.29 is 19.1 Å². The Morgan fingerprint density at radius 1 is 1.00 bits per heavy atom. The largest absolute Gasteiger partial charge is 0.490 e. The number of rotatable bonds is 6. The number of hydrogen-bond donors (Lipinski definition) is 3. The zero-order chi connectivity index (χ0) is 22.8. The molecule has 0 bridgehead atoms. The first kappa shape index (κ1) is 21.5. The SMILES string of the molecule is O=C1CCC(N2Cc3ccc(CNc4ccc(OC5CCNCC5)cc4)cc3C2=O)C(=O)N1. The van der Waals surface area contributed by atoms with Gasteiger partial charge < -0.3 is 20.3 Å². The van der Waals surface area contributed by atoms with Gasteiger partial charge in [-0.1, -0.05) is 12.1 Å². The summed E-state index contributed by atoms with van der Waals surface area (Å²) in [6, 6.07) is 13.2. The van der Waals surface area contributed by atoms with Crippen LogP contribution in [-0.4, -0.2) is 47.9 Å². The van der Waals surface area contributed by atoms with Gasteiger partial charge in [0.1, 0.15) is 17.9 Å². The highest BCUT2D eigenvalue weighted by Crippen LogP contribution is 2.28. The number of carbonyl (C=O) groups excluding carboxylic acids is 3. The second-order valence-electron chi connectivity index (χ2n) is 8.84. The highest BCUT2D eigenvalue weighted by Gasteiger charge is 2.39. The van der Waals surface area contributed by atoms with Crippen molar-refractivity contribution in [3.05, 3.63) is 59.2 Å². The van der Waals surface area contributed by atoms with E-state index in [0.717, 1.165) is 48.5 Å². The molecule has 2 aromatic rings. The van der Waals surface area contributed by atoms with Gasteiger partial charge in [0.2, 0.25) is 11.8 Å². The van der Waals surface area contributed by atoms with E-state index < -0.39 is 6.04 Å². The van der Waals surface area contributed by atoms with Crippen LogP contribution in [0.25, 0.3) is 0 Å². The van der Waals surface area contributed by atoms with Gasteiger partial charge in [-0.3, -0.25) is 19.7 Å². The number of benzene rings is 2. The molecule has 1 unspecified atom stereocenters. The first-order chi connectivity index (χ1) is 16.1. The number of ether oxygens (including phenoxy) is 1. The van der Waals surface area contributed by atoms with Gasteiger partial charge in [0.05, 0.1) is 0 Å². The summed E-state index contributed by atoms with van der Waals surface area (Å²) in [4.78, 5) is 38.2. The van der Waals surface area contributed by atoms with Crippen LogP contribution >= 0.6 is 0 Å². The molecule has 3 heterocycles. The number of nitrogens with one attached hydrogen (secondary N) is 3. The molecule has 1 atom stereocenters. The summed E-state index contributed by atoms with van der Waals surface area (Å²) in [5.74, 6) is 0.0615. The van der Waals surface area contributed by atoms with Crippen LogP contribution in [0.3, 0.4) is 0 Å². The van der Waals surface area contributed by atoms with E-state index in [1.807, 2.05) is 42.5 Å². The quantitative estimate of drug-likeness (QED) is 0.586. The third-order valence-corrected chi connectivity index (χ3v) is 6.53. The van der Waals surface area contributed by atoms with Gasteiger partial charge in [-0.25, -0.2) is 0 Å². The third-order valence-electron chi connectivity index (χ3n) is 6.53. The van der Waals surface area contributed by atoms with Crippen LogP contribution in [0.5, 0.6) is 5.75 Å². The predicted molar refractivity (Wildman–Crippen MR) is 123 cm³/mol. The maximum Gasteiger partial charge on any atom is 0.255 e. The summed E-state index contributed by atoms with van der Waals surface area (Å²) in [6.45, 7) is 2.97. The van der Waals surface area contributed by atoms with Crippen molar-refractivity contribution in [1.82, 2.24) is 15.5 Å². The van der Waals surface area contributed by atoms with Gasteiger partial charge in [0, 0.05) is 30.8 Å². The van der Waals surface area contributed by atoms with Crippen molar-refractivity contribution in [2.24, 2.45) is 0 Å². The second kappa shape index (κ2) is 9.23. The molecule has 3 aliphatic rings. The molecule has 2 saturated heterocycles. The molecule has 0 radical (unpaired) electrons. The summed E-state index contributed by atoms with van der Waals surface area (Å²) in [5.41, 5.74) is 3.50. The van der Waals surface area contributed by atoms with E-state index in [9.17, 15) is 14.4 Å². The van der Waals surface area contributed by atoms with E-state index in [1.54, 1.807) is 4.90 Å². The first-order valence-corrected chi connectivity index (χ1v) is 11.5. The molecular weight excluding hydrogens is 420 g/mol. The lowest BCUT2D eigenvalue weighted by atomic mass is 10.0. The Balaban J connectivity index is 1.19.